The van der Waals surface area contributed by atoms with E-state index in [9.17, 15) is 4.79 Å². The van der Waals surface area contributed by atoms with Crippen molar-refractivity contribution in [2.45, 2.75) is 48.0 Å². The molecule has 0 saturated carbocycles. The average Bonchev–Trinajstić information content (AvgIpc) is 2.86. The molecule has 6 nitrogen and oxygen atoms in total. The van der Waals surface area contributed by atoms with Crippen molar-refractivity contribution in [2.75, 3.05) is 5.32 Å². The molecular weight excluding hydrogens is 338 g/mol. The molecule has 0 aliphatic carbocycles. The van der Waals surface area contributed by atoms with E-state index in [4.69, 9.17) is 0 Å². The minimum absolute atomic E-state index is 0.0560. The number of rotatable bonds is 4. The second-order valence-electron chi connectivity index (χ2n) is 7.00. The first-order chi connectivity index (χ1) is 12.8. The first-order valence-corrected chi connectivity index (χ1v) is 9.00. The Morgan fingerprint density at radius 2 is 1.59 bits per heavy atom. The molecular formula is C21H25N5O. The fourth-order valence-corrected chi connectivity index (χ4v) is 3.28. The second-order valence-corrected chi connectivity index (χ2v) is 7.00. The predicted octanol–water partition coefficient (Wildman–Crippen LogP) is 3.69. The summed E-state index contributed by atoms with van der Waals surface area (Å²) in [4.78, 5) is 21.6. The lowest BCUT2D eigenvalue weighted by Gasteiger charge is -2.11. The van der Waals surface area contributed by atoms with Gasteiger partial charge in [0.15, 0.2) is 0 Å². The molecule has 0 bridgehead atoms. The zero-order chi connectivity index (χ0) is 19.7. The molecule has 3 aromatic rings. The summed E-state index contributed by atoms with van der Waals surface area (Å²) < 4.78 is 1.72. The molecule has 1 amide bonds. The van der Waals surface area contributed by atoms with Crippen LogP contribution in [0.3, 0.4) is 0 Å². The normalized spacial score (nSPS) is 10.9. The lowest BCUT2D eigenvalue weighted by atomic mass is 10.1. The van der Waals surface area contributed by atoms with Gasteiger partial charge < -0.3 is 5.32 Å². The fourth-order valence-electron chi connectivity index (χ4n) is 3.28. The van der Waals surface area contributed by atoms with Crippen molar-refractivity contribution in [3.63, 3.8) is 0 Å². The molecule has 0 unspecified atom stereocenters. The van der Waals surface area contributed by atoms with Gasteiger partial charge in [-0.15, -0.1) is 0 Å². The van der Waals surface area contributed by atoms with Crippen molar-refractivity contribution in [3.05, 3.63) is 63.7 Å². The van der Waals surface area contributed by atoms with Crippen LogP contribution in [0.25, 0.3) is 5.95 Å². The number of benzene rings is 1. The largest absolute Gasteiger partial charge is 0.325 e. The Bertz CT molecular complexity index is 979. The van der Waals surface area contributed by atoms with E-state index in [2.05, 4.69) is 20.4 Å². The van der Waals surface area contributed by atoms with Gasteiger partial charge in [0.05, 0.1) is 12.1 Å². The first kappa shape index (κ1) is 18.8. The quantitative estimate of drug-likeness (QED) is 0.767. The Balaban J connectivity index is 1.88. The smallest absolute Gasteiger partial charge is 0.251 e. The summed E-state index contributed by atoms with van der Waals surface area (Å²) in [5, 5.41) is 7.61. The maximum atomic E-state index is 12.7. The number of anilines is 1. The van der Waals surface area contributed by atoms with Gasteiger partial charge in [-0.25, -0.2) is 14.6 Å². The number of para-hydroxylation sites is 1. The number of hydrogen-bond donors (Lipinski definition) is 1. The van der Waals surface area contributed by atoms with E-state index < -0.39 is 0 Å². The van der Waals surface area contributed by atoms with Gasteiger partial charge in [0.25, 0.3) is 5.95 Å². The van der Waals surface area contributed by atoms with Crippen LogP contribution in [0.5, 0.6) is 0 Å². The molecule has 27 heavy (non-hydrogen) atoms. The van der Waals surface area contributed by atoms with E-state index >= 15 is 0 Å². The molecule has 6 heteroatoms. The molecule has 0 fully saturated rings. The zero-order valence-corrected chi connectivity index (χ0v) is 16.7. The Kier molecular flexibility index (Phi) is 5.08. The molecule has 0 aliphatic heterocycles. The van der Waals surface area contributed by atoms with Crippen molar-refractivity contribution in [1.29, 1.82) is 0 Å². The van der Waals surface area contributed by atoms with E-state index in [0.29, 0.717) is 5.95 Å². The predicted molar refractivity (Wildman–Crippen MR) is 106 cm³/mol. The molecule has 2 heterocycles. The lowest BCUT2D eigenvalue weighted by molar-refractivity contribution is -0.115. The molecule has 1 N–H and O–H groups in total. The number of aromatic nitrogens is 4. The second kappa shape index (κ2) is 7.31. The Morgan fingerprint density at radius 3 is 2.19 bits per heavy atom. The van der Waals surface area contributed by atoms with Crippen molar-refractivity contribution < 1.29 is 4.79 Å². The van der Waals surface area contributed by atoms with Gasteiger partial charge in [0.1, 0.15) is 0 Å². The molecule has 0 aliphatic rings. The Hall–Kier alpha value is -3.02. The van der Waals surface area contributed by atoms with Crippen LogP contribution in [0.2, 0.25) is 0 Å². The average molecular weight is 363 g/mol. The molecule has 1 aromatic carbocycles. The third-order valence-electron chi connectivity index (χ3n) is 4.68. The minimum atomic E-state index is -0.0560. The molecule has 140 valence electrons. The monoisotopic (exact) mass is 363 g/mol. The van der Waals surface area contributed by atoms with Gasteiger partial charge in [0, 0.05) is 28.3 Å². The molecule has 3 rings (SSSR count). The Morgan fingerprint density at radius 1 is 1.00 bits per heavy atom. The zero-order valence-electron chi connectivity index (χ0n) is 16.7. The van der Waals surface area contributed by atoms with Crippen LogP contribution in [-0.2, 0) is 11.2 Å². The number of hydrogen-bond acceptors (Lipinski definition) is 4. The van der Waals surface area contributed by atoms with Crippen LogP contribution in [0, 0.1) is 41.5 Å². The fraction of sp³-hybridized carbons (Fsp3) is 0.333. The highest BCUT2D eigenvalue weighted by Crippen LogP contribution is 2.21. The van der Waals surface area contributed by atoms with Crippen LogP contribution < -0.4 is 5.32 Å². The van der Waals surface area contributed by atoms with Crippen LogP contribution in [0.4, 0.5) is 5.69 Å². The third kappa shape index (κ3) is 3.89. The maximum absolute atomic E-state index is 12.7. The molecule has 0 saturated heterocycles. The van der Waals surface area contributed by atoms with Crippen molar-refractivity contribution in [3.8, 4) is 5.95 Å². The van der Waals surface area contributed by atoms with Gasteiger partial charge in [-0.1, -0.05) is 18.2 Å². The highest BCUT2D eigenvalue weighted by molar-refractivity contribution is 5.94. The van der Waals surface area contributed by atoms with Crippen molar-refractivity contribution in [2.24, 2.45) is 0 Å². The standard InChI is InChI=1S/C21H25N5O/c1-12-8-7-9-13(2)20(12)24-19(27)11-18-16(5)25-26(17(18)6)21-22-14(3)10-15(4)23-21/h7-10H,11H2,1-6H3,(H,24,27). The number of nitrogens with one attached hydrogen (secondary N) is 1. The summed E-state index contributed by atoms with van der Waals surface area (Å²) in [5.74, 6) is 0.481. The molecule has 2 aromatic heterocycles. The van der Waals surface area contributed by atoms with Gasteiger partial charge in [-0.3, -0.25) is 4.79 Å². The lowest BCUT2D eigenvalue weighted by Crippen LogP contribution is -2.17. The van der Waals surface area contributed by atoms with Crippen molar-refractivity contribution in [1.82, 2.24) is 19.7 Å². The van der Waals surface area contributed by atoms with Gasteiger partial charge in [-0.05, 0) is 58.7 Å². The number of carbonyl (C=O) groups is 1. The van der Waals surface area contributed by atoms with E-state index in [1.165, 1.54) is 0 Å². The summed E-state index contributed by atoms with van der Waals surface area (Å²) in [6, 6.07) is 7.90. The number of aryl methyl sites for hydroxylation is 5. The van der Waals surface area contributed by atoms with Gasteiger partial charge in [-0.2, -0.15) is 5.10 Å². The third-order valence-corrected chi connectivity index (χ3v) is 4.68. The van der Waals surface area contributed by atoms with E-state index in [-0.39, 0.29) is 12.3 Å². The summed E-state index contributed by atoms with van der Waals surface area (Å²) >= 11 is 0. The van der Waals surface area contributed by atoms with Gasteiger partial charge >= 0.3 is 0 Å². The molecule has 0 radical (unpaired) electrons. The maximum Gasteiger partial charge on any atom is 0.251 e. The number of nitrogens with zero attached hydrogens (tertiary/aromatic N) is 4. The molecule has 0 spiro atoms. The van der Waals surface area contributed by atoms with Crippen molar-refractivity contribution >= 4 is 11.6 Å². The minimum Gasteiger partial charge on any atom is -0.325 e. The summed E-state index contributed by atoms with van der Waals surface area (Å²) in [5.41, 5.74) is 7.36. The van der Waals surface area contributed by atoms with Crippen LogP contribution in [-0.4, -0.2) is 25.7 Å². The topological polar surface area (TPSA) is 72.7 Å². The van der Waals surface area contributed by atoms with E-state index in [1.54, 1.807) is 4.68 Å². The van der Waals surface area contributed by atoms with Gasteiger partial charge in [0.2, 0.25) is 5.91 Å². The summed E-state index contributed by atoms with van der Waals surface area (Å²) in [6.45, 7) is 11.7. The number of amides is 1. The molecule has 0 atom stereocenters. The Labute approximate surface area is 159 Å². The highest BCUT2D eigenvalue weighted by Gasteiger charge is 2.18. The first-order valence-electron chi connectivity index (χ1n) is 9.00. The van der Waals surface area contributed by atoms with E-state index in [0.717, 1.165) is 45.2 Å². The number of carbonyl (C=O) groups excluding carboxylic acids is 1. The van der Waals surface area contributed by atoms with E-state index in [1.807, 2.05) is 65.8 Å². The summed E-state index contributed by atoms with van der Waals surface area (Å²) in [7, 11) is 0. The summed E-state index contributed by atoms with van der Waals surface area (Å²) in [6.07, 6.45) is 0.260. The van der Waals surface area contributed by atoms with Crippen LogP contribution in [0.1, 0.15) is 39.5 Å². The van der Waals surface area contributed by atoms with Crippen LogP contribution >= 0.6 is 0 Å². The van der Waals surface area contributed by atoms with Crippen LogP contribution in [0.15, 0.2) is 24.3 Å². The SMILES string of the molecule is Cc1cc(C)nc(-n2nc(C)c(CC(=O)Nc3c(C)cccc3C)c2C)n1. The highest BCUT2D eigenvalue weighted by atomic mass is 16.1.